The Hall–Kier alpha value is -1.37. The number of thioether (sulfide) groups is 1. The molecule has 0 bridgehead atoms. The highest BCUT2D eigenvalue weighted by atomic mass is 32.2. The Bertz CT molecular complexity index is 452. The average Bonchev–Trinajstić information content (AvgIpc) is 2.86. The van der Waals surface area contributed by atoms with E-state index in [0.29, 0.717) is 11.6 Å². The van der Waals surface area contributed by atoms with Crippen LogP contribution < -0.4 is 0 Å². The first-order valence-corrected chi connectivity index (χ1v) is 6.06. The van der Waals surface area contributed by atoms with Crippen molar-refractivity contribution in [2.24, 2.45) is 7.05 Å². The summed E-state index contributed by atoms with van der Waals surface area (Å²) in [4.78, 5) is 4.27. The van der Waals surface area contributed by atoms with Crippen LogP contribution in [0.4, 0.5) is 0 Å². The second kappa shape index (κ2) is 5.11. The van der Waals surface area contributed by atoms with Crippen molar-refractivity contribution >= 4 is 11.8 Å². The van der Waals surface area contributed by atoms with Gasteiger partial charge in [0.05, 0.1) is 5.75 Å². The van der Waals surface area contributed by atoms with Crippen molar-refractivity contribution in [1.29, 1.82) is 0 Å². The molecule has 2 aromatic heterocycles. The summed E-state index contributed by atoms with van der Waals surface area (Å²) in [5.74, 6) is 2.04. The highest BCUT2D eigenvalue weighted by Crippen LogP contribution is 2.18. The van der Waals surface area contributed by atoms with Gasteiger partial charge in [-0.25, -0.2) is 0 Å². The van der Waals surface area contributed by atoms with E-state index in [0.717, 1.165) is 23.8 Å². The minimum absolute atomic E-state index is 0.628. The van der Waals surface area contributed by atoms with Gasteiger partial charge in [-0.3, -0.25) is 0 Å². The fraction of sp³-hybridized carbons (Fsp3) is 0.556. The number of rotatable bonds is 5. The standard InChI is InChI=1S/C9H13N5OS/c1-3-4-7-11-8(15-13-7)5-16-9-12-10-6-14(9)2/h6H,3-5H2,1-2H3. The van der Waals surface area contributed by atoms with Crippen LogP contribution in [0.15, 0.2) is 16.0 Å². The van der Waals surface area contributed by atoms with Crippen molar-refractivity contribution in [3.63, 3.8) is 0 Å². The van der Waals surface area contributed by atoms with Gasteiger partial charge in [0.1, 0.15) is 6.33 Å². The smallest absolute Gasteiger partial charge is 0.237 e. The summed E-state index contributed by atoms with van der Waals surface area (Å²) >= 11 is 1.53. The lowest BCUT2D eigenvalue weighted by Gasteiger charge is -1.95. The van der Waals surface area contributed by atoms with E-state index in [-0.39, 0.29) is 0 Å². The van der Waals surface area contributed by atoms with E-state index in [9.17, 15) is 0 Å². The number of hydrogen-bond acceptors (Lipinski definition) is 6. The van der Waals surface area contributed by atoms with Crippen LogP contribution in [0.3, 0.4) is 0 Å². The third-order valence-electron chi connectivity index (χ3n) is 1.98. The third-order valence-corrected chi connectivity index (χ3v) is 3.00. The highest BCUT2D eigenvalue weighted by Gasteiger charge is 2.08. The Morgan fingerprint density at radius 1 is 1.50 bits per heavy atom. The molecule has 0 saturated heterocycles. The Balaban J connectivity index is 1.92. The van der Waals surface area contributed by atoms with Gasteiger partial charge in [-0.15, -0.1) is 10.2 Å². The van der Waals surface area contributed by atoms with Crippen LogP contribution in [0.1, 0.15) is 25.1 Å². The molecule has 0 amide bonds. The van der Waals surface area contributed by atoms with Gasteiger partial charge in [0.15, 0.2) is 11.0 Å². The summed E-state index contributed by atoms with van der Waals surface area (Å²) in [5.41, 5.74) is 0. The van der Waals surface area contributed by atoms with Gasteiger partial charge in [-0.05, 0) is 6.42 Å². The molecule has 0 unspecified atom stereocenters. The molecule has 0 N–H and O–H groups in total. The van der Waals surface area contributed by atoms with Crippen molar-refractivity contribution in [3.05, 3.63) is 18.0 Å². The fourth-order valence-corrected chi connectivity index (χ4v) is 1.93. The molecular weight excluding hydrogens is 226 g/mol. The minimum Gasteiger partial charge on any atom is -0.338 e. The first-order valence-electron chi connectivity index (χ1n) is 5.08. The van der Waals surface area contributed by atoms with Crippen LogP contribution >= 0.6 is 11.8 Å². The summed E-state index contributed by atoms with van der Waals surface area (Å²) in [7, 11) is 1.90. The SMILES string of the molecule is CCCc1noc(CSc2nncn2C)n1. The van der Waals surface area contributed by atoms with Gasteiger partial charge in [0.25, 0.3) is 0 Å². The summed E-state index contributed by atoms with van der Waals surface area (Å²) < 4.78 is 6.97. The van der Waals surface area contributed by atoms with Gasteiger partial charge in [-0.2, -0.15) is 4.98 Å². The molecule has 6 nitrogen and oxygen atoms in total. The molecule has 0 spiro atoms. The van der Waals surface area contributed by atoms with E-state index in [2.05, 4.69) is 27.3 Å². The molecule has 0 aliphatic rings. The lowest BCUT2D eigenvalue weighted by Crippen LogP contribution is -1.90. The van der Waals surface area contributed by atoms with Crippen LogP contribution in [-0.2, 0) is 19.2 Å². The highest BCUT2D eigenvalue weighted by molar-refractivity contribution is 7.98. The molecule has 0 saturated carbocycles. The van der Waals surface area contributed by atoms with Crippen molar-refractivity contribution < 1.29 is 4.52 Å². The van der Waals surface area contributed by atoms with Crippen molar-refractivity contribution in [2.45, 2.75) is 30.7 Å². The molecule has 0 aliphatic heterocycles. The Labute approximate surface area is 97.4 Å². The molecule has 7 heteroatoms. The first kappa shape index (κ1) is 11.1. The fourth-order valence-electron chi connectivity index (χ4n) is 1.20. The molecule has 16 heavy (non-hydrogen) atoms. The molecule has 0 atom stereocenters. The van der Waals surface area contributed by atoms with E-state index >= 15 is 0 Å². The van der Waals surface area contributed by atoms with E-state index in [1.54, 1.807) is 6.33 Å². The summed E-state index contributed by atoms with van der Waals surface area (Å²) in [6, 6.07) is 0. The largest absolute Gasteiger partial charge is 0.338 e. The second-order valence-electron chi connectivity index (χ2n) is 3.37. The van der Waals surface area contributed by atoms with Gasteiger partial charge < -0.3 is 9.09 Å². The topological polar surface area (TPSA) is 69.6 Å². The van der Waals surface area contributed by atoms with Crippen LogP contribution in [-0.4, -0.2) is 24.9 Å². The lowest BCUT2D eigenvalue weighted by molar-refractivity contribution is 0.384. The van der Waals surface area contributed by atoms with Crippen molar-refractivity contribution in [3.8, 4) is 0 Å². The second-order valence-corrected chi connectivity index (χ2v) is 4.31. The maximum atomic E-state index is 5.12. The van der Waals surface area contributed by atoms with Gasteiger partial charge in [0, 0.05) is 13.5 Å². The summed E-state index contributed by atoms with van der Waals surface area (Å²) in [6.07, 6.45) is 3.55. The molecule has 2 heterocycles. The van der Waals surface area contributed by atoms with Gasteiger partial charge in [-0.1, -0.05) is 23.8 Å². The normalized spacial score (nSPS) is 10.9. The molecule has 0 aliphatic carbocycles. The lowest BCUT2D eigenvalue weighted by atomic mass is 10.3. The van der Waals surface area contributed by atoms with Crippen LogP contribution in [0, 0.1) is 0 Å². The van der Waals surface area contributed by atoms with E-state index < -0.39 is 0 Å². The zero-order chi connectivity index (χ0) is 11.4. The number of aryl methyl sites for hydroxylation is 2. The van der Waals surface area contributed by atoms with E-state index in [4.69, 9.17) is 4.52 Å². The molecule has 0 radical (unpaired) electrons. The monoisotopic (exact) mass is 239 g/mol. The number of nitrogens with zero attached hydrogens (tertiary/aromatic N) is 5. The molecular formula is C9H13N5OS. The zero-order valence-corrected chi connectivity index (χ0v) is 10.1. The molecule has 2 rings (SSSR count). The summed E-state index contributed by atoms with van der Waals surface area (Å²) in [6.45, 7) is 2.09. The van der Waals surface area contributed by atoms with Crippen molar-refractivity contribution in [1.82, 2.24) is 24.9 Å². The number of aromatic nitrogens is 5. The van der Waals surface area contributed by atoms with E-state index in [1.807, 2.05) is 11.6 Å². The number of hydrogen-bond donors (Lipinski definition) is 0. The molecule has 2 aromatic rings. The van der Waals surface area contributed by atoms with Crippen LogP contribution in [0.2, 0.25) is 0 Å². The van der Waals surface area contributed by atoms with Gasteiger partial charge >= 0.3 is 0 Å². The first-order chi connectivity index (χ1) is 7.79. The maximum absolute atomic E-state index is 5.12. The minimum atomic E-state index is 0.628. The van der Waals surface area contributed by atoms with Crippen LogP contribution in [0.25, 0.3) is 0 Å². The van der Waals surface area contributed by atoms with Gasteiger partial charge in [0.2, 0.25) is 5.89 Å². The van der Waals surface area contributed by atoms with Crippen molar-refractivity contribution in [2.75, 3.05) is 0 Å². The quantitative estimate of drug-likeness (QED) is 0.735. The Morgan fingerprint density at radius 2 is 2.38 bits per heavy atom. The van der Waals surface area contributed by atoms with Crippen LogP contribution in [0.5, 0.6) is 0 Å². The zero-order valence-electron chi connectivity index (χ0n) is 9.25. The Morgan fingerprint density at radius 3 is 3.06 bits per heavy atom. The predicted molar refractivity (Wildman–Crippen MR) is 58.9 cm³/mol. The molecule has 86 valence electrons. The average molecular weight is 239 g/mol. The van der Waals surface area contributed by atoms with E-state index in [1.165, 1.54) is 11.8 Å². The summed E-state index contributed by atoms with van der Waals surface area (Å²) in [5, 5.41) is 12.5. The maximum Gasteiger partial charge on any atom is 0.237 e. The predicted octanol–water partition coefficient (Wildman–Crippen LogP) is 1.44. The molecule has 0 aromatic carbocycles. The third kappa shape index (κ3) is 2.60. The molecule has 0 fully saturated rings. The Kier molecular flexibility index (Phi) is 3.55.